The number of nitrogens with two attached hydrogens (primary N) is 1. The van der Waals surface area contributed by atoms with E-state index in [1.54, 1.807) is 49.1 Å². The SMILES string of the molecule is Cc1cc(C(=O)Nc2ccc(OC[C@@H](N)C(C)(C)C)c(-c3c(Cl)cnn3C)c2)no1. The van der Waals surface area contributed by atoms with Gasteiger partial charge in [-0.2, -0.15) is 5.10 Å². The highest BCUT2D eigenvalue weighted by Crippen LogP contribution is 2.37. The molecule has 0 saturated carbocycles. The Bertz CT molecular complexity index is 1030. The Labute approximate surface area is 180 Å². The quantitative estimate of drug-likeness (QED) is 0.609. The van der Waals surface area contributed by atoms with Gasteiger partial charge in [-0.15, -0.1) is 0 Å². The van der Waals surface area contributed by atoms with Crippen LogP contribution in [0.3, 0.4) is 0 Å². The Balaban J connectivity index is 1.92. The van der Waals surface area contributed by atoms with E-state index in [0.717, 1.165) is 0 Å². The molecule has 3 aromatic rings. The van der Waals surface area contributed by atoms with Gasteiger partial charge in [0.2, 0.25) is 0 Å². The molecule has 0 aliphatic heterocycles. The van der Waals surface area contributed by atoms with Gasteiger partial charge >= 0.3 is 0 Å². The molecule has 8 nitrogen and oxygen atoms in total. The Kier molecular flexibility index (Phi) is 6.19. The van der Waals surface area contributed by atoms with Crippen molar-refractivity contribution in [3.8, 4) is 17.0 Å². The van der Waals surface area contributed by atoms with Crippen molar-refractivity contribution in [3.05, 3.63) is 46.9 Å². The smallest absolute Gasteiger partial charge is 0.277 e. The summed E-state index contributed by atoms with van der Waals surface area (Å²) in [7, 11) is 1.79. The van der Waals surface area contributed by atoms with Crippen LogP contribution in [0.4, 0.5) is 5.69 Å². The molecule has 2 aromatic heterocycles. The summed E-state index contributed by atoms with van der Waals surface area (Å²) in [5.74, 6) is 0.772. The van der Waals surface area contributed by atoms with Crippen LogP contribution >= 0.6 is 11.6 Å². The number of anilines is 1. The summed E-state index contributed by atoms with van der Waals surface area (Å²) < 4.78 is 12.7. The van der Waals surface area contributed by atoms with Crippen LogP contribution in [0.15, 0.2) is 35.0 Å². The van der Waals surface area contributed by atoms with E-state index >= 15 is 0 Å². The van der Waals surface area contributed by atoms with E-state index in [0.29, 0.717) is 40.1 Å². The number of hydrogen-bond donors (Lipinski definition) is 2. The molecule has 1 atom stereocenters. The number of aromatic nitrogens is 3. The van der Waals surface area contributed by atoms with Crippen LogP contribution in [0.25, 0.3) is 11.3 Å². The molecule has 1 amide bonds. The monoisotopic (exact) mass is 431 g/mol. The van der Waals surface area contributed by atoms with Gasteiger partial charge < -0.3 is 20.3 Å². The molecule has 3 N–H and O–H groups in total. The van der Waals surface area contributed by atoms with E-state index < -0.39 is 0 Å². The summed E-state index contributed by atoms with van der Waals surface area (Å²) in [4.78, 5) is 12.4. The molecule has 160 valence electrons. The molecule has 0 aliphatic rings. The first kappa shape index (κ1) is 21.9. The molecule has 1 aromatic carbocycles. The molecule has 9 heteroatoms. The van der Waals surface area contributed by atoms with Gasteiger partial charge in [0.05, 0.1) is 16.9 Å². The molecular weight excluding hydrogens is 406 g/mol. The van der Waals surface area contributed by atoms with Crippen molar-refractivity contribution in [1.29, 1.82) is 0 Å². The van der Waals surface area contributed by atoms with Gasteiger partial charge in [-0.05, 0) is 30.5 Å². The lowest BCUT2D eigenvalue weighted by molar-refractivity contribution is 0.101. The van der Waals surface area contributed by atoms with Crippen LogP contribution in [0.5, 0.6) is 5.75 Å². The van der Waals surface area contributed by atoms with Crippen LogP contribution in [-0.4, -0.2) is 33.5 Å². The zero-order valence-corrected chi connectivity index (χ0v) is 18.4. The maximum absolute atomic E-state index is 12.4. The van der Waals surface area contributed by atoms with Gasteiger partial charge in [-0.1, -0.05) is 37.5 Å². The number of carbonyl (C=O) groups excluding carboxylic acids is 1. The number of ether oxygens (including phenoxy) is 1. The van der Waals surface area contributed by atoms with E-state index in [1.807, 2.05) is 0 Å². The standard InChI is InChI=1S/C21H26ClN5O3/c1-12-8-16(26-30-12)20(28)25-13-6-7-17(29-11-18(23)21(2,3)4)14(9-13)19-15(22)10-24-27(19)5/h6-10,18H,11,23H2,1-5H3,(H,25,28)/t18-/m1/s1. The first-order valence-corrected chi connectivity index (χ1v) is 9.89. The number of aryl methyl sites for hydroxylation is 2. The van der Waals surface area contributed by atoms with Crippen LogP contribution in [0, 0.1) is 12.3 Å². The molecule has 0 fully saturated rings. The number of rotatable bonds is 6. The van der Waals surface area contributed by atoms with E-state index in [-0.39, 0.29) is 23.1 Å². The molecule has 0 saturated heterocycles. The van der Waals surface area contributed by atoms with Crippen molar-refractivity contribution < 1.29 is 14.1 Å². The lowest BCUT2D eigenvalue weighted by Crippen LogP contribution is -2.40. The van der Waals surface area contributed by atoms with Crippen molar-refractivity contribution in [2.75, 3.05) is 11.9 Å². The highest BCUT2D eigenvalue weighted by atomic mass is 35.5. The predicted molar refractivity (Wildman–Crippen MR) is 116 cm³/mol. The van der Waals surface area contributed by atoms with Crippen molar-refractivity contribution in [2.45, 2.75) is 33.7 Å². The van der Waals surface area contributed by atoms with Crippen molar-refractivity contribution in [2.24, 2.45) is 18.2 Å². The number of carbonyl (C=O) groups is 1. The molecule has 0 bridgehead atoms. The average Bonchev–Trinajstić information content (AvgIpc) is 3.25. The Morgan fingerprint density at radius 3 is 2.67 bits per heavy atom. The molecule has 0 unspecified atom stereocenters. The summed E-state index contributed by atoms with van der Waals surface area (Å²) in [6, 6.07) is 6.71. The first-order chi connectivity index (χ1) is 14.1. The van der Waals surface area contributed by atoms with E-state index in [2.05, 4.69) is 36.3 Å². The topological polar surface area (TPSA) is 108 Å². The largest absolute Gasteiger partial charge is 0.491 e. The van der Waals surface area contributed by atoms with Crippen molar-refractivity contribution in [3.63, 3.8) is 0 Å². The van der Waals surface area contributed by atoms with Gasteiger partial charge in [0, 0.05) is 30.4 Å². The summed E-state index contributed by atoms with van der Waals surface area (Å²) in [5.41, 5.74) is 8.26. The van der Waals surface area contributed by atoms with Gasteiger partial charge in [-0.25, -0.2) is 0 Å². The lowest BCUT2D eigenvalue weighted by atomic mass is 9.88. The fourth-order valence-electron chi connectivity index (χ4n) is 2.73. The molecule has 0 aliphatic carbocycles. The summed E-state index contributed by atoms with van der Waals surface area (Å²) in [6.07, 6.45) is 1.56. The van der Waals surface area contributed by atoms with E-state index in [4.69, 9.17) is 26.6 Å². The Hall–Kier alpha value is -2.84. The third-order valence-corrected chi connectivity index (χ3v) is 5.05. The minimum Gasteiger partial charge on any atom is -0.491 e. The van der Waals surface area contributed by atoms with Crippen LogP contribution < -0.4 is 15.8 Å². The lowest BCUT2D eigenvalue weighted by Gasteiger charge is -2.27. The van der Waals surface area contributed by atoms with Gasteiger partial charge in [-0.3, -0.25) is 9.48 Å². The molecule has 2 heterocycles. The summed E-state index contributed by atoms with van der Waals surface area (Å²) in [6.45, 7) is 8.23. The van der Waals surface area contributed by atoms with Gasteiger partial charge in [0.15, 0.2) is 5.69 Å². The fourth-order valence-corrected chi connectivity index (χ4v) is 3.00. The van der Waals surface area contributed by atoms with Crippen molar-refractivity contribution >= 4 is 23.2 Å². The number of hydrogen-bond acceptors (Lipinski definition) is 6. The average molecular weight is 432 g/mol. The highest BCUT2D eigenvalue weighted by molar-refractivity contribution is 6.33. The van der Waals surface area contributed by atoms with Crippen LogP contribution in [0.1, 0.15) is 37.0 Å². The van der Waals surface area contributed by atoms with Gasteiger partial charge in [0.25, 0.3) is 5.91 Å². The minimum absolute atomic E-state index is 0.103. The molecule has 0 spiro atoms. The number of benzene rings is 1. The Morgan fingerprint density at radius 1 is 1.37 bits per heavy atom. The maximum atomic E-state index is 12.4. The summed E-state index contributed by atoms with van der Waals surface area (Å²) >= 11 is 6.37. The molecule has 30 heavy (non-hydrogen) atoms. The van der Waals surface area contributed by atoms with Crippen LogP contribution in [0.2, 0.25) is 5.02 Å². The second kappa shape index (κ2) is 8.49. The third-order valence-electron chi connectivity index (χ3n) is 4.78. The van der Waals surface area contributed by atoms with Crippen molar-refractivity contribution in [1.82, 2.24) is 14.9 Å². The highest BCUT2D eigenvalue weighted by Gasteiger charge is 2.23. The first-order valence-electron chi connectivity index (χ1n) is 9.51. The second-order valence-electron chi connectivity index (χ2n) is 8.24. The summed E-state index contributed by atoms with van der Waals surface area (Å²) in [5, 5.41) is 11.2. The Morgan fingerprint density at radius 2 is 2.10 bits per heavy atom. The molecular formula is C21H26ClN5O3. The zero-order chi connectivity index (χ0) is 22.1. The number of halogens is 1. The molecule has 0 radical (unpaired) electrons. The van der Waals surface area contributed by atoms with E-state index in [1.165, 1.54) is 0 Å². The number of nitrogens with one attached hydrogen (secondary N) is 1. The van der Waals surface area contributed by atoms with Crippen LogP contribution in [-0.2, 0) is 7.05 Å². The minimum atomic E-state index is -0.377. The number of amides is 1. The third kappa shape index (κ3) is 4.83. The van der Waals surface area contributed by atoms with E-state index in [9.17, 15) is 4.79 Å². The second-order valence-corrected chi connectivity index (χ2v) is 8.64. The maximum Gasteiger partial charge on any atom is 0.277 e. The van der Waals surface area contributed by atoms with Gasteiger partial charge in [0.1, 0.15) is 18.1 Å². The number of nitrogens with zero attached hydrogens (tertiary/aromatic N) is 3. The zero-order valence-electron chi connectivity index (χ0n) is 17.7. The molecule has 3 rings (SSSR count). The predicted octanol–water partition coefficient (Wildman–Crippen LogP) is 4.04. The fraction of sp³-hybridized carbons (Fsp3) is 0.381. The normalized spacial score (nSPS) is 12.6.